The third-order valence-electron chi connectivity index (χ3n) is 4.97. The molecule has 0 radical (unpaired) electrons. The number of methoxy groups -OCH3 is 1. The lowest BCUT2D eigenvalue weighted by molar-refractivity contribution is -0.384. The number of benzene rings is 2. The van der Waals surface area contributed by atoms with Crippen molar-refractivity contribution in [1.82, 2.24) is 9.88 Å². The number of nitro groups is 1. The SMILES string of the molecule is COc1ccc(N2C(=O)NC(=O)C(=Cc3cccn3-c3ccc([N+](=O)[O-])cc3Cl)C2=O)cc1Cl. The summed E-state index contributed by atoms with van der Waals surface area (Å²) in [6, 6.07) is 10.5. The molecule has 1 N–H and O–H groups in total. The quantitative estimate of drug-likeness (QED) is 0.240. The summed E-state index contributed by atoms with van der Waals surface area (Å²) in [5.41, 5.74) is 0.402. The summed E-state index contributed by atoms with van der Waals surface area (Å²) in [5.74, 6) is -1.40. The highest BCUT2D eigenvalue weighted by molar-refractivity contribution is 6.39. The Hall–Kier alpha value is -4.15. The molecule has 0 saturated carbocycles. The lowest BCUT2D eigenvalue weighted by Gasteiger charge is -2.26. The number of amides is 4. The molecule has 0 spiro atoms. The molecule has 4 amide bonds. The molecular formula is C22H14Cl2N4O6. The number of carbonyl (C=O) groups excluding carboxylic acids is 3. The van der Waals surface area contributed by atoms with Crippen LogP contribution in [0.1, 0.15) is 5.69 Å². The number of rotatable bonds is 5. The first kappa shape index (κ1) is 23.0. The molecule has 3 aromatic rings. The summed E-state index contributed by atoms with van der Waals surface area (Å²) in [4.78, 5) is 49.3. The van der Waals surface area contributed by atoms with E-state index in [4.69, 9.17) is 27.9 Å². The van der Waals surface area contributed by atoms with Crippen LogP contribution in [0, 0.1) is 10.1 Å². The molecule has 1 aliphatic rings. The average Bonchev–Trinajstić information content (AvgIpc) is 3.24. The van der Waals surface area contributed by atoms with Gasteiger partial charge in [-0.3, -0.25) is 25.0 Å². The first-order valence-electron chi connectivity index (χ1n) is 9.58. The zero-order chi connectivity index (χ0) is 24.6. The molecule has 4 rings (SSSR count). The van der Waals surface area contributed by atoms with Gasteiger partial charge in [-0.15, -0.1) is 0 Å². The van der Waals surface area contributed by atoms with Gasteiger partial charge in [-0.1, -0.05) is 23.2 Å². The van der Waals surface area contributed by atoms with Crippen molar-refractivity contribution in [2.75, 3.05) is 12.0 Å². The molecule has 172 valence electrons. The van der Waals surface area contributed by atoms with Crippen molar-refractivity contribution in [3.05, 3.63) is 86.2 Å². The van der Waals surface area contributed by atoms with Crippen molar-refractivity contribution in [1.29, 1.82) is 0 Å². The summed E-state index contributed by atoms with van der Waals surface area (Å²) in [7, 11) is 1.42. The van der Waals surface area contributed by atoms with E-state index in [0.29, 0.717) is 17.1 Å². The zero-order valence-corrected chi connectivity index (χ0v) is 18.8. The molecule has 34 heavy (non-hydrogen) atoms. The van der Waals surface area contributed by atoms with Crippen molar-refractivity contribution >= 4 is 58.5 Å². The Labute approximate surface area is 202 Å². The minimum Gasteiger partial charge on any atom is -0.495 e. The number of non-ortho nitro benzene ring substituents is 1. The topological polar surface area (TPSA) is 124 Å². The van der Waals surface area contributed by atoms with Gasteiger partial charge in [0.25, 0.3) is 17.5 Å². The molecule has 0 bridgehead atoms. The maximum atomic E-state index is 13.2. The van der Waals surface area contributed by atoms with Crippen molar-refractivity contribution in [3.63, 3.8) is 0 Å². The van der Waals surface area contributed by atoms with Crippen LogP contribution >= 0.6 is 23.2 Å². The molecule has 0 unspecified atom stereocenters. The van der Waals surface area contributed by atoms with Gasteiger partial charge in [-0.2, -0.15) is 0 Å². The van der Waals surface area contributed by atoms with Crippen LogP contribution < -0.4 is 15.0 Å². The molecule has 0 atom stereocenters. The molecular weight excluding hydrogens is 487 g/mol. The smallest absolute Gasteiger partial charge is 0.335 e. The summed E-state index contributed by atoms with van der Waals surface area (Å²) in [6.07, 6.45) is 2.90. The number of barbiturate groups is 1. The van der Waals surface area contributed by atoms with Crippen LogP contribution in [0.4, 0.5) is 16.2 Å². The predicted molar refractivity (Wildman–Crippen MR) is 124 cm³/mol. The number of hydrogen-bond acceptors (Lipinski definition) is 6. The number of nitro benzene ring substituents is 1. The van der Waals surface area contributed by atoms with E-state index in [-0.39, 0.29) is 27.0 Å². The predicted octanol–water partition coefficient (Wildman–Crippen LogP) is 4.37. The van der Waals surface area contributed by atoms with Gasteiger partial charge in [0.05, 0.1) is 33.5 Å². The number of nitrogens with zero attached hydrogens (tertiary/aromatic N) is 3. The summed E-state index contributed by atoms with van der Waals surface area (Å²) in [6.45, 7) is 0. The highest BCUT2D eigenvalue weighted by Crippen LogP contribution is 2.32. The molecule has 10 nitrogen and oxygen atoms in total. The highest BCUT2D eigenvalue weighted by atomic mass is 35.5. The normalized spacial score (nSPS) is 15.0. The largest absolute Gasteiger partial charge is 0.495 e. The van der Waals surface area contributed by atoms with Gasteiger partial charge < -0.3 is 9.30 Å². The van der Waals surface area contributed by atoms with Crippen LogP contribution in [-0.2, 0) is 9.59 Å². The standard InChI is InChI=1S/C22H14Cl2N4O6/c1-34-19-7-5-13(10-17(19)24)27-21(30)15(20(29)25-22(27)31)9-12-3-2-8-26(12)18-6-4-14(28(32)33)11-16(18)23/h2-11H,1H3,(H,25,29,31). The van der Waals surface area contributed by atoms with E-state index in [2.05, 4.69) is 5.32 Å². The Morgan fingerprint density at radius 3 is 2.47 bits per heavy atom. The summed E-state index contributed by atoms with van der Waals surface area (Å²) < 4.78 is 6.63. The van der Waals surface area contributed by atoms with Crippen molar-refractivity contribution in [2.45, 2.75) is 0 Å². The number of anilines is 1. The van der Waals surface area contributed by atoms with E-state index in [9.17, 15) is 24.5 Å². The van der Waals surface area contributed by atoms with Crippen LogP contribution in [0.2, 0.25) is 10.0 Å². The first-order chi connectivity index (χ1) is 16.2. The van der Waals surface area contributed by atoms with E-state index < -0.39 is 22.8 Å². The summed E-state index contributed by atoms with van der Waals surface area (Å²) >= 11 is 12.4. The van der Waals surface area contributed by atoms with Crippen LogP contribution in [0.3, 0.4) is 0 Å². The Kier molecular flexibility index (Phi) is 6.10. The molecule has 1 aliphatic heterocycles. The van der Waals surface area contributed by atoms with Gasteiger partial charge >= 0.3 is 6.03 Å². The van der Waals surface area contributed by atoms with E-state index in [1.54, 1.807) is 22.9 Å². The van der Waals surface area contributed by atoms with Crippen LogP contribution in [0.15, 0.2) is 60.3 Å². The van der Waals surface area contributed by atoms with Crippen LogP contribution in [-0.4, -0.2) is 34.4 Å². The Morgan fingerprint density at radius 1 is 1.06 bits per heavy atom. The summed E-state index contributed by atoms with van der Waals surface area (Å²) in [5, 5.41) is 13.4. The fourth-order valence-electron chi connectivity index (χ4n) is 3.37. The molecule has 1 fully saturated rings. The second kappa shape index (κ2) is 9.00. The van der Waals surface area contributed by atoms with Gasteiger partial charge in [-0.05, 0) is 42.5 Å². The minimum atomic E-state index is -0.929. The second-order valence-corrected chi connectivity index (χ2v) is 7.79. The monoisotopic (exact) mass is 500 g/mol. The Bertz CT molecular complexity index is 1400. The minimum absolute atomic E-state index is 0.0918. The molecule has 1 aromatic heterocycles. The van der Waals surface area contributed by atoms with Crippen LogP contribution in [0.5, 0.6) is 5.75 Å². The molecule has 0 aliphatic carbocycles. The first-order valence-corrected chi connectivity index (χ1v) is 10.3. The fourth-order valence-corrected chi connectivity index (χ4v) is 3.89. The molecule has 12 heteroatoms. The number of imide groups is 2. The number of halogens is 2. The van der Waals surface area contributed by atoms with E-state index in [0.717, 1.165) is 4.90 Å². The van der Waals surface area contributed by atoms with Gasteiger partial charge in [0.15, 0.2) is 0 Å². The van der Waals surface area contributed by atoms with Crippen molar-refractivity contribution in [2.24, 2.45) is 0 Å². The fraction of sp³-hybridized carbons (Fsp3) is 0.0455. The second-order valence-electron chi connectivity index (χ2n) is 6.97. The Morgan fingerprint density at radius 2 is 1.82 bits per heavy atom. The molecule has 2 heterocycles. The van der Waals surface area contributed by atoms with Gasteiger partial charge in [0.2, 0.25) is 0 Å². The molecule has 2 aromatic carbocycles. The number of aromatic nitrogens is 1. The van der Waals surface area contributed by atoms with Crippen molar-refractivity contribution in [3.8, 4) is 11.4 Å². The van der Waals surface area contributed by atoms with E-state index in [1.807, 2.05) is 0 Å². The third-order valence-corrected chi connectivity index (χ3v) is 5.57. The number of nitrogens with one attached hydrogen (secondary N) is 1. The Balaban J connectivity index is 1.74. The zero-order valence-electron chi connectivity index (χ0n) is 17.3. The van der Waals surface area contributed by atoms with E-state index >= 15 is 0 Å². The third kappa shape index (κ3) is 4.12. The highest BCUT2D eigenvalue weighted by Gasteiger charge is 2.37. The maximum absolute atomic E-state index is 13.2. The maximum Gasteiger partial charge on any atom is 0.335 e. The number of ether oxygens (including phenoxy) is 1. The van der Waals surface area contributed by atoms with Gasteiger partial charge in [0, 0.05) is 24.0 Å². The number of carbonyl (C=O) groups is 3. The number of hydrogen-bond donors (Lipinski definition) is 1. The lowest BCUT2D eigenvalue weighted by Crippen LogP contribution is -2.54. The van der Waals surface area contributed by atoms with Gasteiger partial charge in [0.1, 0.15) is 11.3 Å². The number of urea groups is 1. The molecule has 1 saturated heterocycles. The van der Waals surface area contributed by atoms with E-state index in [1.165, 1.54) is 49.6 Å². The van der Waals surface area contributed by atoms with Crippen molar-refractivity contribution < 1.29 is 24.0 Å². The lowest BCUT2D eigenvalue weighted by atomic mass is 10.1. The van der Waals surface area contributed by atoms with Crippen LogP contribution in [0.25, 0.3) is 11.8 Å². The van der Waals surface area contributed by atoms with Gasteiger partial charge in [-0.25, -0.2) is 9.69 Å². The average molecular weight is 501 g/mol.